The molecule has 1 unspecified atom stereocenters. The van der Waals surface area contributed by atoms with Gasteiger partial charge < -0.3 is 16.2 Å². The minimum absolute atomic E-state index is 0.250. The molecule has 0 aliphatic heterocycles. The van der Waals surface area contributed by atoms with Crippen LogP contribution in [0.4, 0.5) is 11.6 Å². The molecule has 1 rings (SSSR count). The second kappa shape index (κ2) is 7.94. The number of aromatic nitrogens is 2. The van der Waals surface area contributed by atoms with Gasteiger partial charge in [0, 0.05) is 25.1 Å². The summed E-state index contributed by atoms with van der Waals surface area (Å²) < 4.78 is 0. The minimum Gasteiger partial charge on any atom is -0.396 e. The molecule has 0 aliphatic rings. The molecule has 0 saturated heterocycles. The highest BCUT2D eigenvalue weighted by molar-refractivity contribution is 5.54. The van der Waals surface area contributed by atoms with Gasteiger partial charge in [-0.05, 0) is 32.1 Å². The average molecular weight is 266 g/mol. The Morgan fingerprint density at radius 2 is 2.11 bits per heavy atom. The summed E-state index contributed by atoms with van der Waals surface area (Å²) in [6, 6.07) is 0. The summed E-state index contributed by atoms with van der Waals surface area (Å²) in [5, 5.41) is 12.3. The van der Waals surface area contributed by atoms with Crippen LogP contribution in [0.3, 0.4) is 0 Å². The monoisotopic (exact) mass is 266 g/mol. The molecule has 5 nitrogen and oxygen atoms in total. The lowest BCUT2D eigenvalue weighted by Gasteiger charge is -2.12. The van der Waals surface area contributed by atoms with Crippen molar-refractivity contribution in [3.8, 4) is 0 Å². The SMILES string of the molecule is CCCc1nc(N)c(C)c(NCCCC(C)CO)n1. The summed E-state index contributed by atoms with van der Waals surface area (Å²) >= 11 is 0. The lowest BCUT2D eigenvalue weighted by atomic mass is 10.1. The van der Waals surface area contributed by atoms with Crippen molar-refractivity contribution in [3.05, 3.63) is 11.4 Å². The van der Waals surface area contributed by atoms with Crippen LogP contribution in [0, 0.1) is 12.8 Å². The lowest BCUT2D eigenvalue weighted by Crippen LogP contribution is -2.12. The smallest absolute Gasteiger partial charge is 0.134 e. The number of aliphatic hydroxyl groups excluding tert-OH is 1. The fraction of sp³-hybridized carbons (Fsp3) is 0.714. The number of rotatable bonds is 8. The van der Waals surface area contributed by atoms with Crippen LogP contribution in [0.2, 0.25) is 0 Å². The second-order valence-electron chi connectivity index (χ2n) is 5.11. The first kappa shape index (κ1) is 15.7. The van der Waals surface area contributed by atoms with Crippen molar-refractivity contribution >= 4 is 11.6 Å². The molecule has 0 aliphatic carbocycles. The molecule has 0 bridgehead atoms. The van der Waals surface area contributed by atoms with Gasteiger partial charge in [0.1, 0.15) is 17.5 Å². The van der Waals surface area contributed by atoms with Crippen molar-refractivity contribution in [2.24, 2.45) is 5.92 Å². The Hall–Kier alpha value is -1.36. The van der Waals surface area contributed by atoms with Gasteiger partial charge in [0.15, 0.2) is 0 Å². The van der Waals surface area contributed by atoms with Gasteiger partial charge in [-0.1, -0.05) is 13.8 Å². The van der Waals surface area contributed by atoms with E-state index in [1.807, 2.05) is 13.8 Å². The molecule has 1 atom stereocenters. The lowest BCUT2D eigenvalue weighted by molar-refractivity contribution is 0.229. The number of aliphatic hydroxyl groups is 1. The van der Waals surface area contributed by atoms with E-state index in [2.05, 4.69) is 22.2 Å². The van der Waals surface area contributed by atoms with E-state index in [4.69, 9.17) is 10.8 Å². The van der Waals surface area contributed by atoms with Crippen LogP contribution in [0.25, 0.3) is 0 Å². The Bertz CT molecular complexity index is 395. The number of hydrogen-bond donors (Lipinski definition) is 3. The van der Waals surface area contributed by atoms with Crippen molar-refractivity contribution in [1.82, 2.24) is 9.97 Å². The molecule has 4 N–H and O–H groups in total. The highest BCUT2D eigenvalue weighted by atomic mass is 16.3. The summed E-state index contributed by atoms with van der Waals surface area (Å²) in [6.45, 7) is 7.17. The molecule has 0 radical (unpaired) electrons. The quantitative estimate of drug-likeness (QED) is 0.628. The zero-order valence-corrected chi connectivity index (χ0v) is 12.2. The van der Waals surface area contributed by atoms with Crippen LogP contribution in [-0.2, 0) is 6.42 Å². The van der Waals surface area contributed by atoms with Crippen molar-refractivity contribution in [1.29, 1.82) is 0 Å². The van der Waals surface area contributed by atoms with E-state index in [1.165, 1.54) is 0 Å². The van der Waals surface area contributed by atoms with E-state index < -0.39 is 0 Å². The van der Waals surface area contributed by atoms with Crippen LogP contribution < -0.4 is 11.1 Å². The van der Waals surface area contributed by atoms with Crippen molar-refractivity contribution in [2.45, 2.75) is 46.5 Å². The van der Waals surface area contributed by atoms with E-state index >= 15 is 0 Å². The van der Waals surface area contributed by atoms with Crippen molar-refractivity contribution in [2.75, 3.05) is 24.2 Å². The van der Waals surface area contributed by atoms with Gasteiger partial charge in [0.2, 0.25) is 0 Å². The van der Waals surface area contributed by atoms with Gasteiger partial charge in [0.05, 0.1) is 0 Å². The van der Waals surface area contributed by atoms with Gasteiger partial charge >= 0.3 is 0 Å². The molecule has 0 fully saturated rings. The Kier molecular flexibility index (Phi) is 6.56. The Labute approximate surface area is 115 Å². The minimum atomic E-state index is 0.250. The Morgan fingerprint density at radius 3 is 2.74 bits per heavy atom. The first-order valence-corrected chi connectivity index (χ1v) is 7.06. The standard InChI is InChI=1S/C14H26N4O/c1-4-6-12-17-13(15)11(3)14(18-12)16-8-5-7-10(2)9-19/h10,19H,4-9H2,1-3H3,(H3,15,16,17,18). The number of aryl methyl sites for hydroxylation is 1. The van der Waals surface area contributed by atoms with Crippen LogP contribution >= 0.6 is 0 Å². The van der Waals surface area contributed by atoms with E-state index in [0.29, 0.717) is 11.7 Å². The number of hydrogen-bond acceptors (Lipinski definition) is 5. The predicted octanol–water partition coefficient (Wildman–Crippen LogP) is 2.14. The third-order valence-electron chi connectivity index (χ3n) is 3.18. The summed E-state index contributed by atoms with van der Waals surface area (Å²) in [6.07, 6.45) is 3.87. The molecule has 1 aromatic heterocycles. The van der Waals surface area contributed by atoms with Gasteiger partial charge in [0.25, 0.3) is 0 Å². The van der Waals surface area contributed by atoms with Crippen LogP contribution in [0.5, 0.6) is 0 Å². The first-order valence-electron chi connectivity index (χ1n) is 7.06. The second-order valence-corrected chi connectivity index (χ2v) is 5.11. The van der Waals surface area contributed by atoms with E-state index in [0.717, 1.165) is 49.4 Å². The number of anilines is 2. The molecule has 0 spiro atoms. The Balaban J connectivity index is 2.56. The maximum Gasteiger partial charge on any atom is 0.134 e. The fourth-order valence-corrected chi connectivity index (χ4v) is 1.84. The molecule has 19 heavy (non-hydrogen) atoms. The van der Waals surface area contributed by atoms with Crippen molar-refractivity contribution < 1.29 is 5.11 Å². The number of nitrogens with zero attached hydrogens (tertiary/aromatic N) is 2. The van der Waals surface area contributed by atoms with Crippen LogP contribution in [0.15, 0.2) is 0 Å². The topological polar surface area (TPSA) is 84.1 Å². The molecule has 108 valence electrons. The predicted molar refractivity (Wildman–Crippen MR) is 79.1 cm³/mol. The molecule has 0 aromatic carbocycles. The van der Waals surface area contributed by atoms with E-state index in [-0.39, 0.29) is 6.61 Å². The van der Waals surface area contributed by atoms with Gasteiger partial charge in [-0.15, -0.1) is 0 Å². The fourth-order valence-electron chi connectivity index (χ4n) is 1.84. The van der Waals surface area contributed by atoms with Gasteiger partial charge in [-0.25, -0.2) is 9.97 Å². The normalized spacial score (nSPS) is 12.4. The van der Waals surface area contributed by atoms with Crippen LogP contribution in [-0.4, -0.2) is 28.2 Å². The molecule has 1 heterocycles. The molecular weight excluding hydrogens is 240 g/mol. The molecular formula is C14H26N4O. The van der Waals surface area contributed by atoms with Gasteiger partial charge in [-0.2, -0.15) is 0 Å². The van der Waals surface area contributed by atoms with E-state index in [1.54, 1.807) is 0 Å². The average Bonchev–Trinajstić information content (AvgIpc) is 2.39. The maximum absolute atomic E-state index is 8.97. The summed E-state index contributed by atoms with van der Waals surface area (Å²) in [5.74, 6) is 2.56. The molecule has 1 aromatic rings. The van der Waals surface area contributed by atoms with Crippen molar-refractivity contribution in [3.63, 3.8) is 0 Å². The van der Waals surface area contributed by atoms with E-state index in [9.17, 15) is 0 Å². The third-order valence-corrected chi connectivity index (χ3v) is 3.18. The summed E-state index contributed by atoms with van der Waals surface area (Å²) in [4.78, 5) is 8.79. The largest absolute Gasteiger partial charge is 0.396 e. The zero-order valence-electron chi connectivity index (χ0n) is 12.2. The van der Waals surface area contributed by atoms with Gasteiger partial charge in [-0.3, -0.25) is 0 Å². The molecule has 0 amide bonds. The number of nitrogen functional groups attached to an aromatic ring is 1. The number of nitrogens with two attached hydrogens (primary N) is 1. The summed E-state index contributed by atoms with van der Waals surface area (Å²) in [5.41, 5.74) is 6.81. The first-order chi connectivity index (χ1) is 9.08. The molecule has 0 saturated carbocycles. The highest BCUT2D eigenvalue weighted by Crippen LogP contribution is 2.18. The zero-order chi connectivity index (χ0) is 14.3. The third kappa shape index (κ3) is 5.03. The highest BCUT2D eigenvalue weighted by Gasteiger charge is 2.08. The molecule has 5 heteroatoms. The van der Waals surface area contributed by atoms with Crippen LogP contribution in [0.1, 0.15) is 44.5 Å². The summed E-state index contributed by atoms with van der Waals surface area (Å²) in [7, 11) is 0. The maximum atomic E-state index is 8.97. The Morgan fingerprint density at radius 1 is 1.37 bits per heavy atom. The number of nitrogens with one attached hydrogen (secondary N) is 1.